The number of hydrogen-bond donors (Lipinski definition) is 1. The van der Waals surface area contributed by atoms with Crippen LogP contribution in [0, 0.1) is 6.92 Å². The lowest BCUT2D eigenvalue weighted by molar-refractivity contribution is -0.123. The minimum absolute atomic E-state index is 0.153. The molecule has 0 unspecified atom stereocenters. The zero-order valence-corrected chi connectivity index (χ0v) is 17.8. The third-order valence-electron chi connectivity index (χ3n) is 4.48. The minimum Gasteiger partial charge on any atom is -0.483 e. The zero-order valence-electron chi connectivity index (χ0n) is 17.8. The van der Waals surface area contributed by atoms with Crippen molar-refractivity contribution >= 4 is 18.1 Å². The van der Waals surface area contributed by atoms with E-state index in [4.69, 9.17) is 9.47 Å². The number of benzene rings is 3. The lowest BCUT2D eigenvalue weighted by Crippen LogP contribution is -2.24. The Morgan fingerprint density at radius 2 is 1.72 bits per heavy atom. The molecule has 0 aromatic heterocycles. The van der Waals surface area contributed by atoms with Gasteiger partial charge in [-0.1, -0.05) is 42.0 Å². The van der Waals surface area contributed by atoms with Crippen molar-refractivity contribution in [2.75, 3.05) is 6.61 Å². The van der Waals surface area contributed by atoms with Crippen molar-refractivity contribution in [1.29, 1.82) is 0 Å². The fourth-order valence-corrected chi connectivity index (χ4v) is 2.80. The van der Waals surface area contributed by atoms with Crippen molar-refractivity contribution in [1.82, 2.24) is 5.43 Å². The summed E-state index contributed by atoms with van der Waals surface area (Å²) in [5, 5.41) is 3.93. The van der Waals surface area contributed by atoms with E-state index in [9.17, 15) is 9.59 Å². The molecule has 0 aliphatic carbocycles. The number of nitrogens with zero attached hydrogens (tertiary/aromatic N) is 1. The fraction of sp³-hybridized carbons (Fsp3) is 0.115. The number of hydrazone groups is 1. The highest BCUT2D eigenvalue weighted by molar-refractivity contribution is 5.91. The highest BCUT2D eigenvalue weighted by atomic mass is 16.5. The van der Waals surface area contributed by atoms with Crippen LogP contribution in [0.5, 0.6) is 11.5 Å². The van der Waals surface area contributed by atoms with E-state index in [0.717, 1.165) is 16.7 Å². The number of allylic oxidation sites excluding steroid dienone is 1. The molecule has 0 bridgehead atoms. The molecule has 0 fully saturated rings. The van der Waals surface area contributed by atoms with Gasteiger partial charge in [-0.15, -0.1) is 6.58 Å². The van der Waals surface area contributed by atoms with Crippen molar-refractivity contribution in [3.05, 3.63) is 108 Å². The Morgan fingerprint density at radius 3 is 2.44 bits per heavy atom. The van der Waals surface area contributed by atoms with Gasteiger partial charge < -0.3 is 9.47 Å². The number of esters is 1. The van der Waals surface area contributed by atoms with Crippen LogP contribution in [0.15, 0.2) is 90.6 Å². The van der Waals surface area contributed by atoms with Crippen LogP contribution in [0.3, 0.4) is 0 Å². The maximum Gasteiger partial charge on any atom is 0.343 e. The second-order valence-corrected chi connectivity index (χ2v) is 7.01. The lowest BCUT2D eigenvalue weighted by atomic mass is 10.1. The molecule has 3 aromatic rings. The summed E-state index contributed by atoms with van der Waals surface area (Å²) in [6.07, 6.45) is 3.93. The van der Waals surface area contributed by atoms with Crippen molar-refractivity contribution in [2.45, 2.75) is 13.3 Å². The first-order chi connectivity index (χ1) is 15.5. The fourth-order valence-electron chi connectivity index (χ4n) is 2.80. The first-order valence-electron chi connectivity index (χ1n) is 10.1. The van der Waals surface area contributed by atoms with E-state index in [1.165, 1.54) is 6.21 Å². The van der Waals surface area contributed by atoms with Crippen LogP contribution in [0.4, 0.5) is 0 Å². The molecule has 0 saturated heterocycles. The van der Waals surface area contributed by atoms with Crippen LogP contribution in [0.2, 0.25) is 0 Å². The largest absolute Gasteiger partial charge is 0.483 e. The number of nitrogens with one attached hydrogen (secondary N) is 1. The van der Waals surface area contributed by atoms with E-state index in [0.29, 0.717) is 23.5 Å². The van der Waals surface area contributed by atoms with Gasteiger partial charge in [-0.3, -0.25) is 4.79 Å². The summed E-state index contributed by atoms with van der Waals surface area (Å²) >= 11 is 0. The maximum atomic E-state index is 12.2. The molecule has 1 amide bonds. The summed E-state index contributed by atoms with van der Waals surface area (Å²) in [6.45, 7) is 5.52. The van der Waals surface area contributed by atoms with E-state index in [2.05, 4.69) is 17.1 Å². The Balaban J connectivity index is 1.47. The van der Waals surface area contributed by atoms with Gasteiger partial charge in [0.1, 0.15) is 11.5 Å². The molecule has 162 valence electrons. The number of amides is 1. The van der Waals surface area contributed by atoms with Gasteiger partial charge >= 0.3 is 5.97 Å². The van der Waals surface area contributed by atoms with Crippen molar-refractivity contribution in [3.8, 4) is 11.5 Å². The number of rotatable bonds is 9. The van der Waals surface area contributed by atoms with E-state index < -0.39 is 5.97 Å². The molecule has 3 aromatic carbocycles. The molecule has 6 heteroatoms. The smallest absolute Gasteiger partial charge is 0.343 e. The molecule has 0 heterocycles. The first kappa shape index (κ1) is 22.5. The number of ether oxygens (including phenoxy) is 2. The molecule has 1 N–H and O–H groups in total. The van der Waals surface area contributed by atoms with Crippen LogP contribution in [-0.2, 0) is 11.2 Å². The van der Waals surface area contributed by atoms with E-state index >= 15 is 0 Å². The minimum atomic E-state index is -0.423. The van der Waals surface area contributed by atoms with Gasteiger partial charge in [-0.05, 0) is 66.9 Å². The summed E-state index contributed by atoms with van der Waals surface area (Å²) in [6, 6.07) is 21.4. The number of para-hydroxylation sites is 1. The zero-order chi connectivity index (χ0) is 22.8. The summed E-state index contributed by atoms with van der Waals surface area (Å²) in [5.74, 6) is 0.261. The monoisotopic (exact) mass is 428 g/mol. The topological polar surface area (TPSA) is 77.0 Å². The molecular weight excluding hydrogens is 404 g/mol. The van der Waals surface area contributed by atoms with Gasteiger partial charge in [0.05, 0.1) is 11.8 Å². The molecule has 0 atom stereocenters. The van der Waals surface area contributed by atoms with Crippen molar-refractivity contribution in [2.24, 2.45) is 5.10 Å². The summed E-state index contributed by atoms with van der Waals surface area (Å²) < 4.78 is 10.9. The van der Waals surface area contributed by atoms with Gasteiger partial charge in [0.2, 0.25) is 0 Å². The van der Waals surface area contributed by atoms with Crippen LogP contribution in [0.1, 0.15) is 27.0 Å². The molecule has 0 radical (unpaired) electrons. The maximum absolute atomic E-state index is 12.2. The standard InChI is InChI=1S/C26H24N2O4/c1-3-6-21-7-4-5-8-24(21)31-18-25(29)28-27-17-20-11-15-23(16-12-20)32-26(30)22-13-9-19(2)10-14-22/h3-5,7-17H,1,6,18H2,2H3,(H,28,29). The van der Waals surface area contributed by atoms with Gasteiger partial charge in [0.25, 0.3) is 5.91 Å². The normalized spacial score (nSPS) is 10.5. The Labute approximate surface area is 187 Å². The summed E-state index contributed by atoms with van der Waals surface area (Å²) in [7, 11) is 0. The summed E-state index contributed by atoms with van der Waals surface area (Å²) in [4.78, 5) is 24.1. The predicted molar refractivity (Wildman–Crippen MR) is 124 cm³/mol. The second-order valence-electron chi connectivity index (χ2n) is 7.01. The molecule has 0 aliphatic heterocycles. The highest BCUT2D eigenvalue weighted by Crippen LogP contribution is 2.18. The highest BCUT2D eigenvalue weighted by Gasteiger charge is 2.08. The Kier molecular flexibility index (Phi) is 7.92. The van der Waals surface area contributed by atoms with Gasteiger partial charge in [0, 0.05) is 0 Å². The first-order valence-corrected chi connectivity index (χ1v) is 10.1. The SMILES string of the molecule is C=CCc1ccccc1OCC(=O)NN=Cc1ccc(OC(=O)c2ccc(C)cc2)cc1. The third-order valence-corrected chi connectivity index (χ3v) is 4.48. The average Bonchev–Trinajstić information content (AvgIpc) is 2.80. The Bertz CT molecular complexity index is 1100. The number of carbonyl (C=O) groups is 2. The second kappa shape index (κ2) is 11.3. The van der Waals surface area contributed by atoms with E-state index in [-0.39, 0.29) is 12.5 Å². The molecule has 6 nitrogen and oxygen atoms in total. The molecule has 3 rings (SSSR count). The van der Waals surface area contributed by atoms with Gasteiger partial charge in [0.15, 0.2) is 6.61 Å². The predicted octanol–water partition coefficient (Wildman–Crippen LogP) is 4.47. The van der Waals surface area contributed by atoms with Crippen molar-refractivity contribution in [3.63, 3.8) is 0 Å². The van der Waals surface area contributed by atoms with Crippen LogP contribution < -0.4 is 14.9 Å². The molecule has 0 spiro atoms. The van der Waals surface area contributed by atoms with Crippen LogP contribution in [0.25, 0.3) is 0 Å². The average molecular weight is 428 g/mol. The van der Waals surface area contributed by atoms with Crippen LogP contribution in [-0.4, -0.2) is 24.7 Å². The van der Waals surface area contributed by atoms with Crippen molar-refractivity contribution < 1.29 is 19.1 Å². The molecular formula is C26H24N2O4. The number of aryl methyl sites for hydroxylation is 1. The van der Waals surface area contributed by atoms with E-state index in [1.54, 1.807) is 42.5 Å². The van der Waals surface area contributed by atoms with Gasteiger partial charge in [-0.25, -0.2) is 10.2 Å². The molecule has 32 heavy (non-hydrogen) atoms. The Morgan fingerprint density at radius 1 is 1.00 bits per heavy atom. The van der Waals surface area contributed by atoms with Crippen LogP contribution >= 0.6 is 0 Å². The van der Waals surface area contributed by atoms with E-state index in [1.807, 2.05) is 43.3 Å². The third kappa shape index (κ3) is 6.67. The lowest BCUT2D eigenvalue weighted by Gasteiger charge is -2.09. The van der Waals surface area contributed by atoms with Gasteiger partial charge in [-0.2, -0.15) is 5.10 Å². The Hall–Kier alpha value is -4.19. The number of carbonyl (C=O) groups excluding carboxylic acids is 2. The molecule has 0 saturated carbocycles. The summed E-state index contributed by atoms with van der Waals surface area (Å²) in [5.41, 5.74) is 5.68. The number of hydrogen-bond acceptors (Lipinski definition) is 5. The molecule has 0 aliphatic rings. The quantitative estimate of drug-likeness (QED) is 0.179.